The lowest BCUT2D eigenvalue weighted by molar-refractivity contribution is -0.385. The number of rotatable bonds is 4. The first-order chi connectivity index (χ1) is 10.2. The summed E-state index contributed by atoms with van der Waals surface area (Å²) in [5.41, 5.74) is 1.50. The van der Waals surface area contributed by atoms with Crippen molar-refractivity contribution in [2.45, 2.75) is 18.7 Å². The molecule has 0 aromatic heterocycles. The molecular formula is C15H15NO5S. The Kier molecular flexibility index (Phi) is 4.18. The van der Waals surface area contributed by atoms with Gasteiger partial charge < -0.3 is 4.74 Å². The van der Waals surface area contributed by atoms with Crippen molar-refractivity contribution in [3.63, 3.8) is 0 Å². The zero-order valence-corrected chi connectivity index (χ0v) is 13.2. The van der Waals surface area contributed by atoms with Crippen LogP contribution in [0, 0.1) is 24.0 Å². The largest absolute Gasteiger partial charge is 0.450 e. The molecule has 2 rings (SSSR count). The highest BCUT2D eigenvalue weighted by Crippen LogP contribution is 2.34. The summed E-state index contributed by atoms with van der Waals surface area (Å²) >= 11 is 0. The molecule has 22 heavy (non-hydrogen) atoms. The van der Waals surface area contributed by atoms with Gasteiger partial charge in [-0.2, -0.15) is 0 Å². The van der Waals surface area contributed by atoms with Gasteiger partial charge in [0.25, 0.3) is 0 Å². The molecule has 6 nitrogen and oxygen atoms in total. The average Bonchev–Trinajstić information content (AvgIpc) is 2.40. The first kappa shape index (κ1) is 16.0. The molecule has 116 valence electrons. The second-order valence-corrected chi connectivity index (χ2v) is 7.05. The Morgan fingerprint density at radius 2 is 1.68 bits per heavy atom. The van der Waals surface area contributed by atoms with E-state index in [-0.39, 0.29) is 16.3 Å². The minimum atomic E-state index is -3.52. The van der Waals surface area contributed by atoms with Gasteiger partial charge in [0.15, 0.2) is 9.84 Å². The minimum absolute atomic E-state index is 0.00403. The highest BCUT2D eigenvalue weighted by Gasteiger charge is 2.20. The molecule has 0 N–H and O–H groups in total. The number of nitro groups is 1. The molecule has 0 fully saturated rings. The first-order valence-electron chi connectivity index (χ1n) is 6.42. The van der Waals surface area contributed by atoms with Gasteiger partial charge in [-0.15, -0.1) is 0 Å². The summed E-state index contributed by atoms with van der Waals surface area (Å²) in [4.78, 5) is 10.4. The smallest absolute Gasteiger partial charge is 0.312 e. The van der Waals surface area contributed by atoms with Crippen LogP contribution in [0.15, 0.2) is 41.3 Å². The molecule has 2 aromatic rings. The molecule has 0 aliphatic heterocycles. The van der Waals surface area contributed by atoms with Crippen LogP contribution >= 0.6 is 0 Å². The lowest BCUT2D eigenvalue weighted by Crippen LogP contribution is -2.00. The summed E-state index contributed by atoms with van der Waals surface area (Å²) in [6.45, 7) is 3.76. The van der Waals surface area contributed by atoms with Crippen LogP contribution in [-0.4, -0.2) is 19.6 Å². The Balaban J connectivity index is 2.49. The van der Waals surface area contributed by atoms with Gasteiger partial charge in [-0.3, -0.25) is 10.1 Å². The zero-order chi connectivity index (χ0) is 16.5. The summed E-state index contributed by atoms with van der Waals surface area (Å²) in [5, 5.41) is 11.2. The monoisotopic (exact) mass is 321 g/mol. The minimum Gasteiger partial charge on any atom is -0.450 e. The fourth-order valence-corrected chi connectivity index (χ4v) is 2.63. The lowest BCUT2D eigenvalue weighted by atomic mass is 10.1. The van der Waals surface area contributed by atoms with Crippen molar-refractivity contribution in [3.8, 4) is 11.5 Å². The topological polar surface area (TPSA) is 86.5 Å². The van der Waals surface area contributed by atoms with E-state index in [1.54, 1.807) is 6.07 Å². The maximum atomic E-state index is 11.5. The average molecular weight is 321 g/mol. The Hall–Kier alpha value is -2.41. The van der Waals surface area contributed by atoms with Crippen molar-refractivity contribution in [3.05, 3.63) is 57.6 Å². The number of aryl methyl sites for hydroxylation is 2. The van der Waals surface area contributed by atoms with Crippen molar-refractivity contribution in [2.24, 2.45) is 0 Å². The van der Waals surface area contributed by atoms with Crippen LogP contribution in [0.1, 0.15) is 11.1 Å². The van der Waals surface area contributed by atoms with Gasteiger partial charge in [-0.25, -0.2) is 8.42 Å². The second kappa shape index (κ2) is 5.76. The van der Waals surface area contributed by atoms with E-state index in [0.29, 0.717) is 5.75 Å². The molecule has 0 saturated carbocycles. The van der Waals surface area contributed by atoms with E-state index in [9.17, 15) is 18.5 Å². The number of hydrogen-bond acceptors (Lipinski definition) is 5. The lowest BCUT2D eigenvalue weighted by Gasteiger charge is -2.10. The van der Waals surface area contributed by atoms with Crippen LogP contribution < -0.4 is 4.74 Å². The van der Waals surface area contributed by atoms with Gasteiger partial charge in [0.05, 0.1) is 9.82 Å². The third-order valence-electron chi connectivity index (χ3n) is 3.11. The van der Waals surface area contributed by atoms with Gasteiger partial charge >= 0.3 is 5.69 Å². The number of nitrogens with zero attached hydrogens (tertiary/aromatic N) is 1. The van der Waals surface area contributed by atoms with E-state index < -0.39 is 14.8 Å². The second-order valence-electron chi connectivity index (χ2n) is 5.03. The Bertz CT molecular complexity index is 843. The molecule has 0 bridgehead atoms. The SMILES string of the molecule is Cc1ccc(Oc2ccc(S(C)(=O)=O)cc2[N+](=O)[O-])c(C)c1. The highest BCUT2D eigenvalue weighted by atomic mass is 32.2. The Morgan fingerprint density at radius 3 is 2.23 bits per heavy atom. The van der Waals surface area contributed by atoms with E-state index >= 15 is 0 Å². The maximum Gasteiger partial charge on any atom is 0.312 e. The van der Waals surface area contributed by atoms with Gasteiger partial charge in [0.2, 0.25) is 5.75 Å². The summed E-state index contributed by atoms with van der Waals surface area (Å²) in [6, 6.07) is 9.05. The third kappa shape index (κ3) is 3.43. The molecule has 0 amide bonds. The van der Waals surface area contributed by atoms with Crippen LogP contribution in [0.2, 0.25) is 0 Å². The summed E-state index contributed by atoms with van der Waals surface area (Å²) < 4.78 is 28.6. The fourth-order valence-electron chi connectivity index (χ4n) is 1.99. The zero-order valence-electron chi connectivity index (χ0n) is 12.4. The highest BCUT2D eigenvalue weighted by molar-refractivity contribution is 7.90. The summed E-state index contributed by atoms with van der Waals surface area (Å²) in [7, 11) is -3.52. The van der Waals surface area contributed by atoms with Crippen molar-refractivity contribution in [1.29, 1.82) is 0 Å². The number of nitro benzene ring substituents is 1. The molecule has 0 heterocycles. The Labute approximate surface area is 128 Å². The van der Waals surface area contributed by atoms with Crippen LogP contribution in [0.5, 0.6) is 11.5 Å². The quantitative estimate of drug-likeness (QED) is 0.636. The molecule has 0 saturated heterocycles. The van der Waals surface area contributed by atoms with Gasteiger partial charge in [-0.1, -0.05) is 17.7 Å². The third-order valence-corrected chi connectivity index (χ3v) is 4.22. The van der Waals surface area contributed by atoms with E-state index in [2.05, 4.69) is 0 Å². The van der Waals surface area contributed by atoms with Crippen molar-refractivity contribution >= 4 is 15.5 Å². The van der Waals surface area contributed by atoms with Crippen molar-refractivity contribution in [1.82, 2.24) is 0 Å². The number of ether oxygens (including phenoxy) is 1. The fraction of sp³-hybridized carbons (Fsp3) is 0.200. The van der Waals surface area contributed by atoms with Crippen LogP contribution in [0.3, 0.4) is 0 Å². The molecule has 0 aliphatic carbocycles. The maximum absolute atomic E-state index is 11.5. The summed E-state index contributed by atoms with van der Waals surface area (Å²) in [5.74, 6) is 0.491. The molecule has 7 heteroatoms. The predicted octanol–water partition coefficient (Wildman–Crippen LogP) is 3.41. The predicted molar refractivity (Wildman–Crippen MR) is 82.2 cm³/mol. The molecule has 2 aromatic carbocycles. The van der Waals surface area contributed by atoms with Crippen molar-refractivity contribution in [2.75, 3.05) is 6.26 Å². The molecular weight excluding hydrogens is 306 g/mol. The molecule has 0 unspecified atom stereocenters. The molecule has 0 radical (unpaired) electrons. The number of sulfone groups is 1. The van der Waals surface area contributed by atoms with Crippen LogP contribution in [0.25, 0.3) is 0 Å². The van der Waals surface area contributed by atoms with Crippen molar-refractivity contribution < 1.29 is 18.1 Å². The standard InChI is InChI=1S/C15H15NO5S/c1-10-4-6-14(11(2)8-10)21-15-7-5-12(22(3,19)20)9-13(15)16(17)18/h4-9H,1-3H3. The van der Waals surface area contributed by atoms with Gasteiger partial charge in [0.1, 0.15) is 5.75 Å². The van der Waals surface area contributed by atoms with E-state index in [1.807, 2.05) is 26.0 Å². The summed E-state index contributed by atoms with van der Waals surface area (Å²) in [6.07, 6.45) is 0.997. The Morgan fingerprint density at radius 1 is 1.05 bits per heavy atom. The van der Waals surface area contributed by atoms with E-state index in [4.69, 9.17) is 4.74 Å². The van der Waals surface area contributed by atoms with Gasteiger partial charge in [-0.05, 0) is 37.6 Å². The normalized spacial score (nSPS) is 11.2. The van der Waals surface area contributed by atoms with Gasteiger partial charge in [0, 0.05) is 12.3 Å². The van der Waals surface area contributed by atoms with E-state index in [0.717, 1.165) is 23.4 Å². The number of benzene rings is 2. The number of hydrogen-bond donors (Lipinski definition) is 0. The van der Waals surface area contributed by atoms with Crippen LogP contribution in [0.4, 0.5) is 5.69 Å². The molecule has 0 aliphatic rings. The molecule has 0 atom stereocenters. The van der Waals surface area contributed by atoms with E-state index in [1.165, 1.54) is 12.1 Å². The first-order valence-corrected chi connectivity index (χ1v) is 8.31. The molecule has 0 spiro atoms. The van der Waals surface area contributed by atoms with Crippen LogP contribution in [-0.2, 0) is 9.84 Å².